The van der Waals surface area contributed by atoms with E-state index in [-0.39, 0.29) is 5.91 Å². The second kappa shape index (κ2) is 6.84. The van der Waals surface area contributed by atoms with Crippen molar-refractivity contribution in [3.8, 4) is 6.07 Å². The normalized spacial score (nSPS) is 14.4. The zero-order valence-corrected chi connectivity index (χ0v) is 14.2. The minimum atomic E-state index is 0.0722. The van der Waals surface area contributed by atoms with Crippen LogP contribution >= 0.6 is 15.9 Å². The topological polar surface area (TPSA) is 47.3 Å². The zero-order valence-electron chi connectivity index (χ0n) is 12.6. The largest absolute Gasteiger partial charge is 0.368 e. The Morgan fingerprint density at radius 2 is 1.74 bits per heavy atom. The fourth-order valence-corrected chi connectivity index (χ4v) is 2.98. The third-order valence-corrected chi connectivity index (χ3v) is 4.53. The van der Waals surface area contributed by atoms with Gasteiger partial charge in [-0.25, -0.2) is 0 Å². The first-order valence-electron chi connectivity index (χ1n) is 7.47. The van der Waals surface area contributed by atoms with Crippen LogP contribution in [0.5, 0.6) is 0 Å². The molecule has 1 fully saturated rings. The van der Waals surface area contributed by atoms with Gasteiger partial charge in [0, 0.05) is 41.9 Å². The highest BCUT2D eigenvalue weighted by Crippen LogP contribution is 2.19. The third-order valence-electron chi connectivity index (χ3n) is 4.00. The monoisotopic (exact) mass is 369 g/mol. The molecule has 1 amide bonds. The number of amides is 1. The van der Waals surface area contributed by atoms with Gasteiger partial charge in [0.25, 0.3) is 5.91 Å². The van der Waals surface area contributed by atoms with Crippen LogP contribution in [0.1, 0.15) is 15.9 Å². The summed E-state index contributed by atoms with van der Waals surface area (Å²) >= 11 is 3.38. The molecule has 0 aromatic heterocycles. The predicted molar refractivity (Wildman–Crippen MR) is 93.4 cm³/mol. The van der Waals surface area contributed by atoms with Crippen molar-refractivity contribution in [2.24, 2.45) is 0 Å². The summed E-state index contributed by atoms with van der Waals surface area (Å²) in [4.78, 5) is 16.6. The van der Waals surface area contributed by atoms with Gasteiger partial charge in [-0.05, 0) is 42.5 Å². The second-order valence-electron chi connectivity index (χ2n) is 5.45. The fraction of sp³-hybridized carbons (Fsp3) is 0.222. The number of nitriles is 1. The molecule has 5 heteroatoms. The van der Waals surface area contributed by atoms with Gasteiger partial charge in [0.15, 0.2) is 0 Å². The Labute approximate surface area is 144 Å². The summed E-state index contributed by atoms with van der Waals surface area (Å²) in [7, 11) is 0. The Balaban J connectivity index is 1.65. The smallest absolute Gasteiger partial charge is 0.253 e. The van der Waals surface area contributed by atoms with Crippen LogP contribution in [-0.2, 0) is 0 Å². The van der Waals surface area contributed by atoms with E-state index in [0.29, 0.717) is 24.2 Å². The molecule has 4 nitrogen and oxygen atoms in total. The van der Waals surface area contributed by atoms with Crippen LogP contribution in [0.15, 0.2) is 53.0 Å². The van der Waals surface area contributed by atoms with E-state index in [9.17, 15) is 4.79 Å². The van der Waals surface area contributed by atoms with Crippen molar-refractivity contribution in [3.05, 3.63) is 64.1 Å². The van der Waals surface area contributed by atoms with Crippen LogP contribution in [-0.4, -0.2) is 37.0 Å². The van der Waals surface area contributed by atoms with E-state index in [1.165, 1.54) is 0 Å². The molecule has 23 heavy (non-hydrogen) atoms. The Kier molecular flexibility index (Phi) is 4.63. The average molecular weight is 370 g/mol. The number of hydrogen-bond donors (Lipinski definition) is 0. The van der Waals surface area contributed by atoms with Crippen molar-refractivity contribution in [2.45, 2.75) is 0 Å². The molecule has 0 radical (unpaired) electrons. The van der Waals surface area contributed by atoms with E-state index in [0.717, 1.165) is 23.2 Å². The molecule has 1 aliphatic heterocycles. The lowest BCUT2D eigenvalue weighted by atomic mass is 10.1. The van der Waals surface area contributed by atoms with Crippen molar-refractivity contribution in [3.63, 3.8) is 0 Å². The maximum atomic E-state index is 12.5. The molecule has 0 saturated carbocycles. The molecule has 0 unspecified atom stereocenters. The molecule has 0 atom stereocenters. The van der Waals surface area contributed by atoms with Crippen LogP contribution in [0.3, 0.4) is 0 Å². The Morgan fingerprint density at radius 1 is 1.04 bits per heavy atom. The Morgan fingerprint density at radius 3 is 2.39 bits per heavy atom. The van der Waals surface area contributed by atoms with Crippen molar-refractivity contribution >= 4 is 27.5 Å². The van der Waals surface area contributed by atoms with Crippen LogP contribution in [0.25, 0.3) is 0 Å². The minimum absolute atomic E-state index is 0.0722. The Hall–Kier alpha value is -2.32. The van der Waals surface area contributed by atoms with Crippen molar-refractivity contribution < 1.29 is 4.79 Å². The number of nitrogens with zero attached hydrogens (tertiary/aromatic N) is 3. The molecule has 1 heterocycles. The average Bonchev–Trinajstić information content (AvgIpc) is 2.62. The molecule has 0 aliphatic carbocycles. The summed E-state index contributed by atoms with van der Waals surface area (Å²) in [5.41, 5.74) is 2.42. The van der Waals surface area contributed by atoms with Crippen LogP contribution in [0.2, 0.25) is 0 Å². The summed E-state index contributed by atoms with van der Waals surface area (Å²) in [5, 5.41) is 9.00. The van der Waals surface area contributed by atoms with E-state index in [2.05, 4.69) is 26.9 Å². The van der Waals surface area contributed by atoms with Gasteiger partial charge in [0.1, 0.15) is 0 Å². The van der Waals surface area contributed by atoms with Crippen molar-refractivity contribution in [1.82, 2.24) is 4.90 Å². The van der Waals surface area contributed by atoms with Crippen LogP contribution in [0.4, 0.5) is 5.69 Å². The van der Waals surface area contributed by atoms with Crippen LogP contribution < -0.4 is 4.90 Å². The quantitative estimate of drug-likeness (QED) is 0.815. The molecule has 1 aliphatic rings. The summed E-state index contributed by atoms with van der Waals surface area (Å²) in [6.07, 6.45) is 0. The van der Waals surface area contributed by atoms with Crippen LogP contribution in [0, 0.1) is 11.3 Å². The van der Waals surface area contributed by atoms with E-state index in [1.807, 2.05) is 47.4 Å². The third kappa shape index (κ3) is 3.54. The molecule has 0 spiro atoms. The first kappa shape index (κ1) is 15.6. The first-order valence-corrected chi connectivity index (χ1v) is 8.26. The van der Waals surface area contributed by atoms with E-state index >= 15 is 0 Å². The van der Waals surface area contributed by atoms with Gasteiger partial charge in [-0.1, -0.05) is 22.0 Å². The lowest BCUT2D eigenvalue weighted by Gasteiger charge is -2.36. The number of anilines is 1. The number of piperazine rings is 1. The number of rotatable bonds is 2. The summed E-state index contributed by atoms with van der Waals surface area (Å²) < 4.78 is 0.969. The summed E-state index contributed by atoms with van der Waals surface area (Å²) in [6, 6.07) is 17.2. The van der Waals surface area contributed by atoms with E-state index in [4.69, 9.17) is 5.26 Å². The van der Waals surface area contributed by atoms with Gasteiger partial charge in [-0.3, -0.25) is 4.79 Å². The van der Waals surface area contributed by atoms with Gasteiger partial charge in [-0.2, -0.15) is 5.26 Å². The molecule has 0 N–H and O–H groups in total. The number of hydrogen-bond acceptors (Lipinski definition) is 3. The Bertz CT molecular complexity index is 744. The molecule has 2 aromatic carbocycles. The second-order valence-corrected chi connectivity index (χ2v) is 6.36. The molecular formula is C18H16BrN3O. The van der Waals surface area contributed by atoms with E-state index in [1.54, 1.807) is 6.07 Å². The summed E-state index contributed by atoms with van der Waals surface area (Å²) in [5.74, 6) is 0.0722. The van der Waals surface area contributed by atoms with Gasteiger partial charge < -0.3 is 9.80 Å². The molecule has 116 valence electrons. The summed E-state index contributed by atoms with van der Waals surface area (Å²) in [6.45, 7) is 2.92. The van der Waals surface area contributed by atoms with E-state index < -0.39 is 0 Å². The standard InChI is InChI=1S/C18H16BrN3O/c19-16-6-4-15(5-7-16)18(23)22-10-8-21(9-11-22)17-3-1-2-14(12-17)13-20/h1-7,12H,8-11H2. The highest BCUT2D eigenvalue weighted by Gasteiger charge is 2.22. The zero-order chi connectivity index (χ0) is 16.2. The molecule has 1 saturated heterocycles. The number of benzene rings is 2. The highest BCUT2D eigenvalue weighted by molar-refractivity contribution is 9.10. The highest BCUT2D eigenvalue weighted by atomic mass is 79.9. The molecule has 3 rings (SSSR count). The lowest BCUT2D eigenvalue weighted by molar-refractivity contribution is 0.0747. The number of halogens is 1. The number of carbonyl (C=O) groups excluding carboxylic acids is 1. The number of carbonyl (C=O) groups is 1. The molecule has 0 bridgehead atoms. The first-order chi connectivity index (χ1) is 11.2. The predicted octanol–water partition coefficient (Wildman–Crippen LogP) is 3.28. The minimum Gasteiger partial charge on any atom is -0.368 e. The SMILES string of the molecule is N#Cc1cccc(N2CCN(C(=O)c3ccc(Br)cc3)CC2)c1. The fourth-order valence-electron chi connectivity index (χ4n) is 2.71. The molecule has 2 aromatic rings. The maximum Gasteiger partial charge on any atom is 0.253 e. The molecular weight excluding hydrogens is 354 g/mol. The van der Waals surface area contributed by atoms with Gasteiger partial charge in [-0.15, -0.1) is 0 Å². The lowest BCUT2D eigenvalue weighted by Crippen LogP contribution is -2.48. The maximum absolute atomic E-state index is 12.5. The van der Waals surface area contributed by atoms with Crippen molar-refractivity contribution in [1.29, 1.82) is 5.26 Å². The van der Waals surface area contributed by atoms with Crippen molar-refractivity contribution in [2.75, 3.05) is 31.1 Å². The van der Waals surface area contributed by atoms with Gasteiger partial charge >= 0.3 is 0 Å². The van der Waals surface area contributed by atoms with Gasteiger partial charge in [0.05, 0.1) is 11.6 Å². The van der Waals surface area contributed by atoms with Gasteiger partial charge in [0.2, 0.25) is 0 Å².